The van der Waals surface area contributed by atoms with Gasteiger partial charge in [-0.3, -0.25) is 9.59 Å². The normalized spacial score (nSPS) is 12.5. The van der Waals surface area contributed by atoms with Crippen LogP contribution in [0.15, 0.2) is 0 Å². The van der Waals surface area contributed by atoms with E-state index in [1.807, 2.05) is 0 Å². The molecule has 0 saturated carbocycles. The van der Waals surface area contributed by atoms with Crippen molar-refractivity contribution in [1.29, 1.82) is 0 Å². The molecule has 0 aromatic rings. The summed E-state index contributed by atoms with van der Waals surface area (Å²) in [6.45, 7) is 4.70. The van der Waals surface area contributed by atoms with Crippen LogP contribution in [0.5, 0.6) is 0 Å². The third-order valence-corrected chi connectivity index (χ3v) is 4.14. The van der Waals surface area contributed by atoms with Crippen molar-refractivity contribution in [1.82, 2.24) is 4.31 Å². The first kappa shape index (κ1) is 16.9. The SMILES string of the molecule is COC(=O)CS(=O)(=O)N(CCC(=O)O)C(C)(C)C. The number of methoxy groups -OCH3 is 1. The van der Waals surface area contributed by atoms with Crippen LogP contribution in [0.3, 0.4) is 0 Å². The molecule has 0 saturated heterocycles. The van der Waals surface area contributed by atoms with Crippen LogP contribution in [-0.2, 0) is 24.3 Å². The summed E-state index contributed by atoms with van der Waals surface area (Å²) in [6.07, 6.45) is -0.322. The molecule has 0 spiro atoms. The van der Waals surface area contributed by atoms with E-state index >= 15 is 0 Å². The van der Waals surface area contributed by atoms with Crippen LogP contribution in [0.4, 0.5) is 0 Å². The van der Waals surface area contributed by atoms with Crippen molar-refractivity contribution in [3.05, 3.63) is 0 Å². The highest BCUT2D eigenvalue weighted by Gasteiger charge is 2.34. The molecular formula is C10H19NO6S. The van der Waals surface area contributed by atoms with Crippen LogP contribution >= 0.6 is 0 Å². The van der Waals surface area contributed by atoms with Gasteiger partial charge in [0.25, 0.3) is 0 Å². The van der Waals surface area contributed by atoms with E-state index < -0.39 is 33.3 Å². The number of carboxylic acids is 1. The molecule has 1 N–H and O–H groups in total. The minimum Gasteiger partial charge on any atom is -0.481 e. The Labute approximate surface area is 107 Å². The quantitative estimate of drug-likeness (QED) is 0.691. The average Bonchev–Trinajstić information content (AvgIpc) is 2.13. The number of carbonyl (C=O) groups is 2. The lowest BCUT2D eigenvalue weighted by molar-refractivity contribution is -0.138. The molecule has 18 heavy (non-hydrogen) atoms. The largest absolute Gasteiger partial charge is 0.481 e. The van der Waals surface area contributed by atoms with E-state index in [-0.39, 0.29) is 13.0 Å². The Morgan fingerprint density at radius 1 is 1.28 bits per heavy atom. The fourth-order valence-electron chi connectivity index (χ4n) is 1.37. The number of esters is 1. The number of rotatable bonds is 6. The maximum absolute atomic E-state index is 12.0. The third-order valence-electron chi connectivity index (χ3n) is 2.14. The first-order valence-corrected chi connectivity index (χ1v) is 6.90. The van der Waals surface area contributed by atoms with Crippen molar-refractivity contribution in [3.8, 4) is 0 Å². The number of aliphatic carboxylic acids is 1. The minimum atomic E-state index is -3.89. The molecule has 0 atom stereocenters. The molecule has 8 heteroatoms. The van der Waals surface area contributed by atoms with E-state index in [9.17, 15) is 18.0 Å². The molecule has 106 valence electrons. The zero-order valence-corrected chi connectivity index (χ0v) is 11.8. The van der Waals surface area contributed by atoms with Crippen molar-refractivity contribution < 1.29 is 27.9 Å². The Balaban J connectivity index is 5.07. The number of nitrogens with zero attached hydrogens (tertiary/aromatic N) is 1. The van der Waals surface area contributed by atoms with E-state index in [1.165, 1.54) is 0 Å². The number of carbonyl (C=O) groups excluding carboxylic acids is 1. The summed E-state index contributed by atoms with van der Waals surface area (Å²) in [5.74, 6) is -2.77. The van der Waals surface area contributed by atoms with Gasteiger partial charge in [-0.05, 0) is 20.8 Å². The first-order chi connectivity index (χ1) is 8.00. The number of carboxylic acid groups (broad SMARTS) is 1. The van der Waals surface area contributed by atoms with Crippen LogP contribution in [0, 0.1) is 0 Å². The lowest BCUT2D eigenvalue weighted by Gasteiger charge is -2.33. The van der Waals surface area contributed by atoms with Crippen molar-refractivity contribution >= 4 is 22.0 Å². The van der Waals surface area contributed by atoms with Gasteiger partial charge in [-0.2, -0.15) is 4.31 Å². The monoisotopic (exact) mass is 281 g/mol. The van der Waals surface area contributed by atoms with E-state index in [0.29, 0.717) is 0 Å². The smallest absolute Gasteiger partial charge is 0.322 e. The molecule has 0 aliphatic carbocycles. The second-order valence-electron chi connectivity index (χ2n) is 4.72. The van der Waals surface area contributed by atoms with Crippen LogP contribution < -0.4 is 0 Å². The molecule has 0 aromatic carbocycles. The van der Waals surface area contributed by atoms with E-state index in [1.54, 1.807) is 20.8 Å². The Morgan fingerprint density at radius 2 is 1.78 bits per heavy atom. The Kier molecular flexibility index (Phi) is 5.75. The third kappa shape index (κ3) is 5.46. The summed E-state index contributed by atoms with van der Waals surface area (Å²) in [7, 11) is -2.80. The maximum atomic E-state index is 12.0. The summed E-state index contributed by atoms with van der Waals surface area (Å²) in [5, 5.41) is 8.61. The zero-order chi connectivity index (χ0) is 14.6. The minimum absolute atomic E-state index is 0.182. The summed E-state index contributed by atoms with van der Waals surface area (Å²) in [4.78, 5) is 21.6. The van der Waals surface area contributed by atoms with Crippen LogP contribution in [0.2, 0.25) is 0 Å². The highest BCUT2D eigenvalue weighted by molar-refractivity contribution is 7.89. The van der Waals surface area contributed by atoms with Gasteiger partial charge in [0, 0.05) is 12.1 Å². The standard InChI is InChI=1S/C10H19NO6S/c1-10(2,3)11(6-5-8(12)13)18(15,16)7-9(14)17-4/h5-7H2,1-4H3,(H,12,13). The summed E-state index contributed by atoms with van der Waals surface area (Å²) < 4.78 is 29.3. The highest BCUT2D eigenvalue weighted by atomic mass is 32.2. The molecule has 0 amide bonds. The van der Waals surface area contributed by atoms with Crippen molar-refractivity contribution in [2.75, 3.05) is 19.4 Å². The molecule has 0 heterocycles. The van der Waals surface area contributed by atoms with Gasteiger partial charge in [-0.25, -0.2) is 8.42 Å². The number of ether oxygens (including phenoxy) is 1. The molecule has 7 nitrogen and oxygen atoms in total. The van der Waals surface area contributed by atoms with Crippen molar-refractivity contribution in [3.63, 3.8) is 0 Å². The van der Waals surface area contributed by atoms with E-state index in [4.69, 9.17) is 5.11 Å². The summed E-state index contributed by atoms with van der Waals surface area (Å²) >= 11 is 0. The maximum Gasteiger partial charge on any atom is 0.322 e. The highest BCUT2D eigenvalue weighted by Crippen LogP contribution is 2.19. The predicted molar refractivity (Wildman–Crippen MR) is 64.5 cm³/mol. The van der Waals surface area contributed by atoms with Crippen LogP contribution in [0.1, 0.15) is 27.2 Å². The molecule has 0 aliphatic rings. The number of hydrogen-bond acceptors (Lipinski definition) is 5. The average molecular weight is 281 g/mol. The lowest BCUT2D eigenvalue weighted by atomic mass is 10.1. The van der Waals surface area contributed by atoms with Crippen LogP contribution in [0.25, 0.3) is 0 Å². The van der Waals surface area contributed by atoms with E-state index in [2.05, 4.69) is 4.74 Å². The van der Waals surface area contributed by atoms with Gasteiger partial charge < -0.3 is 9.84 Å². The van der Waals surface area contributed by atoms with Gasteiger partial charge in [0.2, 0.25) is 10.0 Å². The molecule has 0 fully saturated rings. The van der Waals surface area contributed by atoms with Gasteiger partial charge in [0.15, 0.2) is 5.75 Å². The van der Waals surface area contributed by atoms with E-state index in [0.717, 1.165) is 11.4 Å². The molecular weight excluding hydrogens is 262 g/mol. The topological polar surface area (TPSA) is 101 Å². The van der Waals surface area contributed by atoms with Gasteiger partial charge in [-0.1, -0.05) is 0 Å². The molecule has 0 aliphatic heterocycles. The van der Waals surface area contributed by atoms with Gasteiger partial charge in [0.1, 0.15) is 0 Å². The zero-order valence-electron chi connectivity index (χ0n) is 11.0. The Morgan fingerprint density at radius 3 is 2.11 bits per heavy atom. The van der Waals surface area contributed by atoms with Gasteiger partial charge in [0.05, 0.1) is 13.5 Å². The molecule has 0 radical (unpaired) electrons. The molecule has 0 aromatic heterocycles. The lowest BCUT2D eigenvalue weighted by Crippen LogP contribution is -2.48. The van der Waals surface area contributed by atoms with Crippen molar-refractivity contribution in [2.24, 2.45) is 0 Å². The Hall–Kier alpha value is -1.15. The fraction of sp³-hybridized carbons (Fsp3) is 0.800. The Bertz CT molecular complexity index is 409. The molecule has 0 rings (SSSR count). The second kappa shape index (κ2) is 6.14. The second-order valence-corrected chi connectivity index (χ2v) is 6.61. The number of hydrogen-bond donors (Lipinski definition) is 1. The number of sulfonamides is 1. The fourth-order valence-corrected chi connectivity index (χ4v) is 3.15. The van der Waals surface area contributed by atoms with Gasteiger partial charge >= 0.3 is 11.9 Å². The van der Waals surface area contributed by atoms with Crippen LogP contribution in [-0.4, -0.2) is 54.7 Å². The van der Waals surface area contributed by atoms with Gasteiger partial charge in [-0.15, -0.1) is 0 Å². The molecule has 0 bridgehead atoms. The molecule has 0 unspecified atom stereocenters. The predicted octanol–water partition coefficient (Wildman–Crippen LogP) is 0.0644. The summed E-state index contributed by atoms with van der Waals surface area (Å²) in [6, 6.07) is 0. The van der Waals surface area contributed by atoms with Crippen molar-refractivity contribution in [2.45, 2.75) is 32.7 Å². The summed E-state index contributed by atoms with van der Waals surface area (Å²) in [5.41, 5.74) is -0.803. The first-order valence-electron chi connectivity index (χ1n) is 5.30.